The van der Waals surface area contributed by atoms with Gasteiger partial charge in [0.2, 0.25) is 0 Å². The SMILES string of the molecule is COc1ccc(CN(C)c2ccccc2C(=O)O)cc1. The number of benzene rings is 2. The summed E-state index contributed by atoms with van der Waals surface area (Å²) in [7, 11) is 3.51. The van der Waals surface area contributed by atoms with E-state index in [1.807, 2.05) is 48.3 Å². The first-order valence-corrected chi connectivity index (χ1v) is 6.28. The number of rotatable bonds is 5. The topological polar surface area (TPSA) is 49.8 Å². The maximum Gasteiger partial charge on any atom is 0.337 e. The van der Waals surface area contributed by atoms with E-state index in [0.717, 1.165) is 11.3 Å². The van der Waals surface area contributed by atoms with Gasteiger partial charge in [-0.1, -0.05) is 24.3 Å². The molecule has 0 radical (unpaired) electrons. The number of carboxylic acids is 1. The molecule has 2 aromatic carbocycles. The lowest BCUT2D eigenvalue weighted by molar-refractivity contribution is 0.0697. The van der Waals surface area contributed by atoms with Gasteiger partial charge < -0.3 is 14.7 Å². The minimum absolute atomic E-state index is 0.309. The predicted octanol–water partition coefficient (Wildman–Crippen LogP) is 3.03. The molecule has 0 amide bonds. The second-order valence-corrected chi connectivity index (χ2v) is 4.53. The molecule has 0 saturated heterocycles. The van der Waals surface area contributed by atoms with Crippen molar-refractivity contribution in [3.05, 3.63) is 59.7 Å². The maximum atomic E-state index is 11.2. The molecule has 4 nitrogen and oxygen atoms in total. The zero-order valence-electron chi connectivity index (χ0n) is 11.5. The van der Waals surface area contributed by atoms with Crippen LogP contribution in [0.1, 0.15) is 15.9 Å². The lowest BCUT2D eigenvalue weighted by Gasteiger charge is -2.21. The van der Waals surface area contributed by atoms with Gasteiger partial charge in [0.05, 0.1) is 18.4 Å². The summed E-state index contributed by atoms with van der Waals surface area (Å²) < 4.78 is 5.12. The van der Waals surface area contributed by atoms with Crippen molar-refractivity contribution in [2.45, 2.75) is 6.54 Å². The van der Waals surface area contributed by atoms with E-state index in [1.165, 1.54) is 0 Å². The van der Waals surface area contributed by atoms with E-state index in [9.17, 15) is 9.90 Å². The lowest BCUT2D eigenvalue weighted by atomic mass is 10.1. The molecule has 0 fully saturated rings. The van der Waals surface area contributed by atoms with Gasteiger partial charge in [-0.2, -0.15) is 0 Å². The average Bonchev–Trinajstić information content (AvgIpc) is 2.48. The van der Waals surface area contributed by atoms with Crippen LogP contribution in [-0.2, 0) is 6.54 Å². The van der Waals surface area contributed by atoms with E-state index in [2.05, 4.69) is 0 Å². The van der Waals surface area contributed by atoms with Crippen LogP contribution in [0.15, 0.2) is 48.5 Å². The monoisotopic (exact) mass is 271 g/mol. The van der Waals surface area contributed by atoms with Crippen LogP contribution < -0.4 is 9.64 Å². The quantitative estimate of drug-likeness (QED) is 0.908. The summed E-state index contributed by atoms with van der Waals surface area (Å²) in [6.45, 7) is 0.633. The van der Waals surface area contributed by atoms with E-state index in [0.29, 0.717) is 17.8 Å². The summed E-state index contributed by atoms with van der Waals surface area (Å²) in [5.74, 6) is -0.107. The first-order chi connectivity index (χ1) is 9.61. The molecule has 0 aliphatic heterocycles. The normalized spacial score (nSPS) is 10.1. The Balaban J connectivity index is 2.19. The largest absolute Gasteiger partial charge is 0.497 e. The zero-order chi connectivity index (χ0) is 14.5. The van der Waals surface area contributed by atoms with Gasteiger partial charge in [0.1, 0.15) is 5.75 Å². The first-order valence-electron chi connectivity index (χ1n) is 6.28. The van der Waals surface area contributed by atoms with Crippen LogP contribution in [0.2, 0.25) is 0 Å². The van der Waals surface area contributed by atoms with Crippen LogP contribution in [-0.4, -0.2) is 25.2 Å². The van der Waals surface area contributed by atoms with E-state index >= 15 is 0 Å². The van der Waals surface area contributed by atoms with Gasteiger partial charge in [0, 0.05) is 13.6 Å². The summed E-state index contributed by atoms with van der Waals surface area (Å²) in [6.07, 6.45) is 0. The number of ether oxygens (including phenoxy) is 1. The Morgan fingerprint density at radius 3 is 2.40 bits per heavy atom. The fraction of sp³-hybridized carbons (Fsp3) is 0.188. The second kappa shape index (κ2) is 6.10. The molecule has 2 rings (SSSR count). The van der Waals surface area contributed by atoms with Crippen LogP contribution in [0.3, 0.4) is 0 Å². The Morgan fingerprint density at radius 2 is 1.80 bits per heavy atom. The molecule has 0 unspecified atom stereocenters. The number of methoxy groups -OCH3 is 1. The Labute approximate surface area is 118 Å². The van der Waals surface area contributed by atoms with Crippen molar-refractivity contribution < 1.29 is 14.6 Å². The Hall–Kier alpha value is -2.49. The minimum atomic E-state index is -0.915. The molecule has 2 aromatic rings. The van der Waals surface area contributed by atoms with Crippen LogP contribution in [0.4, 0.5) is 5.69 Å². The van der Waals surface area contributed by atoms with Gasteiger partial charge in [0.15, 0.2) is 0 Å². The fourth-order valence-corrected chi connectivity index (χ4v) is 2.08. The molecule has 104 valence electrons. The number of nitrogens with zero attached hydrogens (tertiary/aromatic N) is 1. The van der Waals surface area contributed by atoms with Crippen molar-refractivity contribution in [2.24, 2.45) is 0 Å². The fourth-order valence-electron chi connectivity index (χ4n) is 2.08. The minimum Gasteiger partial charge on any atom is -0.497 e. The molecule has 0 aromatic heterocycles. The molecule has 0 atom stereocenters. The smallest absolute Gasteiger partial charge is 0.337 e. The molecular weight excluding hydrogens is 254 g/mol. The molecule has 0 aliphatic rings. The first kappa shape index (κ1) is 13.9. The van der Waals surface area contributed by atoms with E-state index in [-0.39, 0.29) is 0 Å². The second-order valence-electron chi connectivity index (χ2n) is 4.53. The number of hydrogen-bond donors (Lipinski definition) is 1. The molecule has 1 N–H and O–H groups in total. The molecule has 0 aliphatic carbocycles. The summed E-state index contributed by atoms with van der Waals surface area (Å²) in [6, 6.07) is 14.7. The molecule has 20 heavy (non-hydrogen) atoms. The number of carboxylic acid groups (broad SMARTS) is 1. The average molecular weight is 271 g/mol. The third-order valence-electron chi connectivity index (χ3n) is 3.12. The highest BCUT2D eigenvalue weighted by Gasteiger charge is 2.12. The highest BCUT2D eigenvalue weighted by atomic mass is 16.5. The van der Waals surface area contributed by atoms with Crippen molar-refractivity contribution >= 4 is 11.7 Å². The number of aromatic carboxylic acids is 1. The van der Waals surface area contributed by atoms with E-state index in [4.69, 9.17) is 4.74 Å². The van der Waals surface area contributed by atoms with Gasteiger partial charge in [-0.05, 0) is 29.8 Å². The molecule has 0 saturated carbocycles. The van der Waals surface area contributed by atoms with Crippen molar-refractivity contribution in [3.8, 4) is 5.75 Å². The van der Waals surface area contributed by atoms with Crippen LogP contribution >= 0.6 is 0 Å². The molecule has 4 heteroatoms. The molecule has 0 bridgehead atoms. The summed E-state index contributed by atoms with van der Waals surface area (Å²) in [5, 5.41) is 9.21. The number of anilines is 1. The summed E-state index contributed by atoms with van der Waals surface area (Å²) in [5.41, 5.74) is 2.10. The molecule has 0 heterocycles. The highest BCUT2D eigenvalue weighted by molar-refractivity contribution is 5.94. The van der Waals surface area contributed by atoms with Crippen LogP contribution in [0, 0.1) is 0 Å². The van der Waals surface area contributed by atoms with Crippen molar-refractivity contribution in [3.63, 3.8) is 0 Å². The number of carbonyl (C=O) groups is 1. The maximum absolute atomic E-state index is 11.2. The summed E-state index contributed by atoms with van der Waals surface area (Å²) >= 11 is 0. The van der Waals surface area contributed by atoms with Gasteiger partial charge in [-0.3, -0.25) is 0 Å². The lowest BCUT2D eigenvalue weighted by Crippen LogP contribution is -2.19. The Morgan fingerprint density at radius 1 is 1.15 bits per heavy atom. The van der Waals surface area contributed by atoms with Gasteiger partial charge >= 0.3 is 5.97 Å². The van der Waals surface area contributed by atoms with Crippen LogP contribution in [0.5, 0.6) is 5.75 Å². The Kier molecular flexibility index (Phi) is 4.25. The van der Waals surface area contributed by atoms with Crippen molar-refractivity contribution in [2.75, 3.05) is 19.1 Å². The highest BCUT2D eigenvalue weighted by Crippen LogP contribution is 2.21. The van der Waals surface area contributed by atoms with Gasteiger partial charge in [-0.15, -0.1) is 0 Å². The standard InChI is InChI=1S/C16H17NO3/c1-17(11-12-7-9-13(20-2)10-8-12)15-6-4-3-5-14(15)16(18)19/h3-10H,11H2,1-2H3,(H,18,19). The zero-order valence-corrected chi connectivity index (χ0v) is 11.5. The third-order valence-corrected chi connectivity index (χ3v) is 3.12. The number of para-hydroxylation sites is 1. The number of hydrogen-bond acceptors (Lipinski definition) is 3. The third kappa shape index (κ3) is 3.09. The van der Waals surface area contributed by atoms with E-state index < -0.39 is 5.97 Å². The van der Waals surface area contributed by atoms with Gasteiger partial charge in [-0.25, -0.2) is 4.79 Å². The van der Waals surface area contributed by atoms with Crippen molar-refractivity contribution in [1.82, 2.24) is 0 Å². The van der Waals surface area contributed by atoms with Crippen molar-refractivity contribution in [1.29, 1.82) is 0 Å². The van der Waals surface area contributed by atoms with Gasteiger partial charge in [0.25, 0.3) is 0 Å². The predicted molar refractivity (Wildman–Crippen MR) is 78.5 cm³/mol. The Bertz CT molecular complexity index is 593. The summed E-state index contributed by atoms with van der Waals surface area (Å²) in [4.78, 5) is 13.1. The molecule has 0 spiro atoms. The van der Waals surface area contributed by atoms with E-state index in [1.54, 1.807) is 19.2 Å². The molecular formula is C16H17NO3. The van der Waals surface area contributed by atoms with Crippen LogP contribution in [0.25, 0.3) is 0 Å².